The molecule has 0 radical (unpaired) electrons. The summed E-state index contributed by atoms with van der Waals surface area (Å²) in [6.07, 6.45) is 2.64. The highest BCUT2D eigenvalue weighted by Crippen LogP contribution is 1.81. The van der Waals surface area contributed by atoms with Gasteiger partial charge in [0.1, 0.15) is 0 Å². The molecule has 0 spiro atoms. The van der Waals surface area contributed by atoms with Crippen molar-refractivity contribution in [2.45, 2.75) is 82.1 Å². The Balaban J connectivity index is -0.0000000492. The van der Waals surface area contributed by atoms with Gasteiger partial charge in [-0.05, 0) is 11.8 Å². The van der Waals surface area contributed by atoms with E-state index in [0.717, 1.165) is 11.8 Å². The lowest BCUT2D eigenvalue weighted by molar-refractivity contribution is 0.736. The largest absolute Gasteiger partial charge is 0.0683 e. The number of rotatable bonds is 1. The van der Waals surface area contributed by atoms with Gasteiger partial charge in [-0.25, -0.2) is 0 Å². The third kappa shape index (κ3) is 1450. The molecule has 0 saturated carbocycles. The van der Waals surface area contributed by atoms with Crippen LogP contribution in [0.4, 0.5) is 0 Å². The SMILES string of the molecule is CC.CC(C)C.CC(C)C.CCCC. The summed E-state index contributed by atoms with van der Waals surface area (Å²) in [5.74, 6) is 1.67. The van der Waals surface area contributed by atoms with Crippen LogP contribution in [0.3, 0.4) is 0 Å². The molecule has 0 rings (SSSR count). The van der Waals surface area contributed by atoms with E-state index in [2.05, 4.69) is 55.4 Å². The van der Waals surface area contributed by atoms with Crippen LogP contribution in [-0.2, 0) is 0 Å². The fourth-order valence-corrected chi connectivity index (χ4v) is 0. The molecule has 0 heteroatoms. The van der Waals surface area contributed by atoms with Crippen molar-refractivity contribution in [3.8, 4) is 0 Å². The molecule has 0 amide bonds. The smallest absolute Gasteiger partial charge is 0.0500 e. The van der Waals surface area contributed by atoms with E-state index in [9.17, 15) is 0 Å². The van der Waals surface area contributed by atoms with E-state index in [0.29, 0.717) is 0 Å². The second-order valence-corrected chi connectivity index (χ2v) is 4.46. The molecule has 92 valence electrons. The molecular weight excluding hydrogens is 168 g/mol. The lowest BCUT2D eigenvalue weighted by Crippen LogP contribution is -1.66. The van der Waals surface area contributed by atoms with Crippen molar-refractivity contribution >= 4 is 0 Å². The molecule has 0 aromatic rings. The van der Waals surface area contributed by atoms with Crippen molar-refractivity contribution in [2.75, 3.05) is 0 Å². The molecule has 0 N–H and O–H groups in total. The lowest BCUT2D eigenvalue weighted by Gasteiger charge is -1.79. The van der Waals surface area contributed by atoms with Crippen LogP contribution < -0.4 is 0 Å². The van der Waals surface area contributed by atoms with Gasteiger partial charge in [-0.3, -0.25) is 0 Å². The Labute approximate surface area is 94.5 Å². The summed E-state index contributed by atoms with van der Waals surface area (Å²) < 4.78 is 0. The van der Waals surface area contributed by atoms with Crippen molar-refractivity contribution in [1.29, 1.82) is 0 Å². The van der Waals surface area contributed by atoms with Crippen molar-refractivity contribution in [3.05, 3.63) is 0 Å². The summed E-state index contributed by atoms with van der Waals surface area (Å²) >= 11 is 0. The van der Waals surface area contributed by atoms with E-state index in [1.54, 1.807) is 0 Å². The van der Waals surface area contributed by atoms with Gasteiger partial charge >= 0.3 is 0 Å². The molecule has 0 unspecified atom stereocenters. The van der Waals surface area contributed by atoms with Crippen LogP contribution in [0.25, 0.3) is 0 Å². The zero-order valence-corrected chi connectivity index (χ0v) is 12.6. The first-order valence-corrected chi connectivity index (χ1v) is 6.38. The molecule has 0 heterocycles. The first-order chi connectivity index (χ1) is 6.38. The summed E-state index contributed by atoms with van der Waals surface area (Å²) in [5, 5.41) is 0. The summed E-state index contributed by atoms with van der Waals surface area (Å²) in [6.45, 7) is 21.4. The quantitative estimate of drug-likeness (QED) is 0.480. The molecule has 0 nitrogen and oxygen atoms in total. The number of hydrogen-bond acceptors (Lipinski definition) is 0. The third-order valence-electron chi connectivity index (χ3n) is 0.500. The van der Waals surface area contributed by atoms with Gasteiger partial charge in [0.2, 0.25) is 0 Å². The van der Waals surface area contributed by atoms with Crippen LogP contribution >= 0.6 is 0 Å². The van der Waals surface area contributed by atoms with E-state index >= 15 is 0 Å². The van der Waals surface area contributed by atoms with E-state index in [4.69, 9.17) is 0 Å². The normalized spacial score (nSPS) is 7.71. The van der Waals surface area contributed by atoms with Gasteiger partial charge in [0.25, 0.3) is 0 Å². The van der Waals surface area contributed by atoms with E-state index in [1.807, 2.05) is 13.8 Å². The van der Waals surface area contributed by atoms with Crippen LogP contribution in [0.15, 0.2) is 0 Å². The molecule has 0 aliphatic heterocycles. The fourth-order valence-electron chi connectivity index (χ4n) is 0. The summed E-state index contributed by atoms with van der Waals surface area (Å²) in [5.41, 5.74) is 0. The molecule has 0 fully saturated rings. The Morgan fingerprint density at radius 3 is 0.643 bits per heavy atom. The van der Waals surface area contributed by atoms with Crippen LogP contribution in [-0.4, -0.2) is 0 Å². The average molecular weight is 204 g/mol. The minimum Gasteiger partial charge on any atom is -0.0683 e. The maximum absolute atomic E-state index is 2.18. The van der Waals surface area contributed by atoms with Crippen LogP contribution in [0.5, 0.6) is 0 Å². The summed E-state index contributed by atoms with van der Waals surface area (Å²) in [4.78, 5) is 0. The maximum Gasteiger partial charge on any atom is -0.0500 e. The highest BCUT2D eigenvalue weighted by atomic mass is 13.7. The molecule has 14 heavy (non-hydrogen) atoms. The van der Waals surface area contributed by atoms with Crippen molar-refractivity contribution < 1.29 is 0 Å². The second kappa shape index (κ2) is 29.2. The molecule has 0 atom stereocenters. The van der Waals surface area contributed by atoms with Crippen LogP contribution in [0.2, 0.25) is 0 Å². The highest BCUT2D eigenvalue weighted by Gasteiger charge is 1.68. The Morgan fingerprint density at radius 2 is 0.643 bits per heavy atom. The maximum atomic E-state index is 2.18. The Morgan fingerprint density at radius 1 is 0.571 bits per heavy atom. The van der Waals surface area contributed by atoms with Gasteiger partial charge in [-0.1, -0.05) is 82.1 Å². The highest BCUT2D eigenvalue weighted by molar-refractivity contribution is 4.21. The van der Waals surface area contributed by atoms with Gasteiger partial charge in [-0.2, -0.15) is 0 Å². The summed E-state index contributed by atoms with van der Waals surface area (Å²) in [6, 6.07) is 0. The minimum absolute atomic E-state index is 0.833. The van der Waals surface area contributed by atoms with Gasteiger partial charge in [0, 0.05) is 0 Å². The minimum atomic E-state index is 0.833. The standard InChI is InChI=1S/3C4H10.C2H6/c2*1-4(2)3;1-3-4-2;1-2/h2*4H,1-3H3;3-4H2,1-2H3;1-2H3. The first-order valence-electron chi connectivity index (χ1n) is 6.38. The monoisotopic (exact) mass is 204 g/mol. The second-order valence-electron chi connectivity index (χ2n) is 4.46. The number of unbranched alkanes of at least 4 members (excludes halogenated alkanes) is 1. The molecule has 0 aromatic carbocycles. The molecular formula is C14H36. The van der Waals surface area contributed by atoms with Crippen molar-refractivity contribution in [1.82, 2.24) is 0 Å². The Hall–Kier alpha value is 0. The van der Waals surface area contributed by atoms with E-state index < -0.39 is 0 Å². The topological polar surface area (TPSA) is 0 Å². The summed E-state index contributed by atoms with van der Waals surface area (Å²) in [7, 11) is 0. The predicted molar refractivity (Wildman–Crippen MR) is 73.0 cm³/mol. The van der Waals surface area contributed by atoms with Crippen LogP contribution in [0, 0.1) is 11.8 Å². The first kappa shape index (κ1) is 23.7. The number of hydrogen-bond donors (Lipinski definition) is 0. The van der Waals surface area contributed by atoms with Crippen molar-refractivity contribution in [2.24, 2.45) is 11.8 Å². The lowest BCUT2D eigenvalue weighted by atomic mass is 10.3. The van der Waals surface area contributed by atoms with Gasteiger partial charge in [0.15, 0.2) is 0 Å². The third-order valence-corrected chi connectivity index (χ3v) is 0.500. The Kier molecular flexibility index (Phi) is 49.4. The van der Waals surface area contributed by atoms with Crippen LogP contribution in [0.1, 0.15) is 82.1 Å². The Bertz CT molecular complexity index is 30.5. The van der Waals surface area contributed by atoms with Gasteiger partial charge in [0.05, 0.1) is 0 Å². The average Bonchev–Trinajstić information content (AvgIpc) is 2.05. The van der Waals surface area contributed by atoms with E-state index in [1.165, 1.54) is 12.8 Å². The zero-order valence-electron chi connectivity index (χ0n) is 12.6. The molecule has 0 saturated heterocycles. The fraction of sp³-hybridized carbons (Fsp3) is 1.00. The van der Waals surface area contributed by atoms with Gasteiger partial charge < -0.3 is 0 Å². The predicted octanol–water partition coefficient (Wildman–Crippen LogP) is 6.16. The van der Waals surface area contributed by atoms with Crippen molar-refractivity contribution in [3.63, 3.8) is 0 Å². The van der Waals surface area contributed by atoms with E-state index in [-0.39, 0.29) is 0 Å². The molecule has 0 aromatic heterocycles. The molecule has 0 aliphatic carbocycles. The zero-order chi connectivity index (χ0) is 12.6. The van der Waals surface area contributed by atoms with Gasteiger partial charge in [-0.15, -0.1) is 0 Å². The molecule has 0 aliphatic rings. The molecule has 0 bridgehead atoms.